The molecule has 3 rings (SSSR count). The van der Waals surface area contributed by atoms with Crippen molar-refractivity contribution in [2.45, 2.75) is 19.4 Å². The number of nitrogens with one attached hydrogen (secondary N) is 3. The molecule has 0 fully saturated rings. The first kappa shape index (κ1) is 15.1. The van der Waals surface area contributed by atoms with Crippen LogP contribution in [0.15, 0.2) is 42.5 Å². The summed E-state index contributed by atoms with van der Waals surface area (Å²) in [5, 5.41) is 12.0. The predicted octanol–water partition coefficient (Wildman–Crippen LogP) is 1.56. The Balaban J connectivity index is 1.62. The van der Waals surface area contributed by atoms with Crippen LogP contribution in [0.25, 0.3) is 0 Å². The number of aromatic hydroxyl groups is 1. The van der Waals surface area contributed by atoms with Crippen molar-refractivity contribution in [1.29, 1.82) is 0 Å². The van der Waals surface area contributed by atoms with Gasteiger partial charge in [-0.1, -0.05) is 29.8 Å². The molecule has 1 unspecified atom stereocenters. The summed E-state index contributed by atoms with van der Waals surface area (Å²) >= 11 is 0. The van der Waals surface area contributed by atoms with Gasteiger partial charge in [0.25, 0.3) is 0 Å². The average Bonchev–Trinajstić information content (AvgIpc) is 2.82. The van der Waals surface area contributed by atoms with E-state index in [0.717, 1.165) is 22.4 Å². The van der Waals surface area contributed by atoms with Crippen LogP contribution in [0.2, 0.25) is 0 Å². The molecule has 2 amide bonds. The van der Waals surface area contributed by atoms with E-state index in [9.17, 15) is 14.7 Å². The fraction of sp³-hybridized carbons (Fsp3) is 0.176. The number of phenolic OH excluding ortho intramolecular Hbond substituents is 1. The number of amides is 2. The zero-order valence-electron chi connectivity index (χ0n) is 12.6. The normalized spacial score (nSPS) is 15.9. The molecular weight excluding hydrogens is 294 g/mol. The van der Waals surface area contributed by atoms with Crippen molar-refractivity contribution in [2.24, 2.45) is 0 Å². The van der Waals surface area contributed by atoms with Gasteiger partial charge >= 0.3 is 0 Å². The van der Waals surface area contributed by atoms with Gasteiger partial charge in [-0.15, -0.1) is 0 Å². The molecule has 1 aliphatic rings. The van der Waals surface area contributed by atoms with Crippen molar-refractivity contribution in [1.82, 2.24) is 10.9 Å². The molecule has 0 spiro atoms. The fourth-order valence-electron chi connectivity index (χ4n) is 2.52. The second-order valence-corrected chi connectivity index (χ2v) is 5.55. The van der Waals surface area contributed by atoms with Crippen LogP contribution in [0.1, 0.15) is 22.7 Å². The Labute approximate surface area is 133 Å². The third-order valence-electron chi connectivity index (χ3n) is 3.70. The summed E-state index contributed by atoms with van der Waals surface area (Å²) < 4.78 is 0. The minimum Gasteiger partial charge on any atom is -0.508 e. The molecule has 0 saturated heterocycles. The third-order valence-corrected chi connectivity index (χ3v) is 3.70. The van der Waals surface area contributed by atoms with Crippen molar-refractivity contribution >= 4 is 17.5 Å². The molecule has 1 atom stereocenters. The molecule has 0 saturated carbocycles. The Morgan fingerprint density at radius 2 is 1.96 bits per heavy atom. The number of carbonyl (C=O) groups is 2. The number of aryl methyl sites for hydroxylation is 1. The lowest BCUT2D eigenvalue weighted by Crippen LogP contribution is -2.43. The van der Waals surface area contributed by atoms with E-state index < -0.39 is 6.04 Å². The van der Waals surface area contributed by atoms with Gasteiger partial charge < -0.3 is 10.4 Å². The van der Waals surface area contributed by atoms with Gasteiger partial charge in [0.2, 0.25) is 11.8 Å². The van der Waals surface area contributed by atoms with Gasteiger partial charge in [-0.25, -0.2) is 5.43 Å². The first-order valence-electron chi connectivity index (χ1n) is 7.26. The Bertz CT molecular complexity index is 756. The average molecular weight is 311 g/mol. The fourth-order valence-corrected chi connectivity index (χ4v) is 2.52. The van der Waals surface area contributed by atoms with Crippen LogP contribution in [0.4, 0.5) is 5.69 Å². The van der Waals surface area contributed by atoms with E-state index in [1.54, 1.807) is 12.1 Å². The summed E-state index contributed by atoms with van der Waals surface area (Å²) in [6, 6.07) is 11.5. The maximum absolute atomic E-state index is 12.0. The zero-order valence-corrected chi connectivity index (χ0v) is 12.6. The van der Waals surface area contributed by atoms with Crippen molar-refractivity contribution in [3.05, 3.63) is 59.2 Å². The van der Waals surface area contributed by atoms with E-state index in [4.69, 9.17) is 0 Å². The number of benzene rings is 2. The molecule has 1 aliphatic heterocycles. The van der Waals surface area contributed by atoms with Crippen LogP contribution in [0.3, 0.4) is 0 Å². The molecule has 0 bridgehead atoms. The molecule has 0 aliphatic carbocycles. The lowest BCUT2D eigenvalue weighted by Gasteiger charge is -2.13. The maximum atomic E-state index is 12.0. The zero-order chi connectivity index (χ0) is 16.4. The maximum Gasteiger partial charge on any atom is 0.247 e. The second-order valence-electron chi connectivity index (χ2n) is 5.55. The van der Waals surface area contributed by atoms with E-state index in [1.165, 1.54) is 12.1 Å². The first-order valence-corrected chi connectivity index (χ1v) is 7.26. The van der Waals surface area contributed by atoms with Crippen LogP contribution >= 0.6 is 0 Å². The second kappa shape index (κ2) is 6.10. The molecule has 1 heterocycles. The monoisotopic (exact) mass is 311 g/mol. The quantitative estimate of drug-likeness (QED) is 0.645. The van der Waals surface area contributed by atoms with E-state index in [2.05, 4.69) is 16.2 Å². The summed E-state index contributed by atoms with van der Waals surface area (Å²) in [7, 11) is 0. The molecule has 0 radical (unpaired) electrons. The molecule has 6 nitrogen and oxygen atoms in total. The van der Waals surface area contributed by atoms with E-state index >= 15 is 0 Å². The number of hydrazine groups is 1. The molecule has 6 heteroatoms. The predicted molar refractivity (Wildman–Crippen MR) is 85.6 cm³/mol. The van der Waals surface area contributed by atoms with Crippen LogP contribution in [-0.4, -0.2) is 16.9 Å². The molecule has 4 N–H and O–H groups in total. The van der Waals surface area contributed by atoms with Crippen LogP contribution < -0.4 is 16.2 Å². The summed E-state index contributed by atoms with van der Waals surface area (Å²) in [6.07, 6.45) is 0.155. The van der Waals surface area contributed by atoms with Crippen LogP contribution in [0.5, 0.6) is 5.75 Å². The molecule has 23 heavy (non-hydrogen) atoms. The first-order chi connectivity index (χ1) is 11.0. The standard InChI is InChI=1S/C17H17N3O3/c1-10-2-7-14-13(8-10)16(17(23)18-14)20-19-15(22)9-11-3-5-12(21)6-4-11/h2-8,16,20-21H,9H2,1H3,(H,18,23)(H,19,22). The lowest BCUT2D eigenvalue weighted by atomic mass is 10.1. The molecule has 2 aromatic carbocycles. The molecule has 0 aromatic heterocycles. The summed E-state index contributed by atoms with van der Waals surface area (Å²) in [5.74, 6) is -0.304. The van der Waals surface area contributed by atoms with Gasteiger partial charge in [0.05, 0.1) is 6.42 Å². The number of carbonyl (C=O) groups excluding carboxylic acids is 2. The van der Waals surface area contributed by atoms with Crippen LogP contribution in [-0.2, 0) is 16.0 Å². The highest BCUT2D eigenvalue weighted by Crippen LogP contribution is 2.30. The number of phenols is 1. The van der Waals surface area contributed by atoms with Crippen LogP contribution in [0, 0.1) is 6.92 Å². The lowest BCUT2D eigenvalue weighted by molar-refractivity contribution is -0.122. The number of anilines is 1. The topological polar surface area (TPSA) is 90.5 Å². The van der Waals surface area contributed by atoms with E-state index in [1.807, 2.05) is 25.1 Å². The Kier molecular flexibility index (Phi) is 3.99. The Hall–Kier alpha value is -2.86. The van der Waals surface area contributed by atoms with Crippen molar-refractivity contribution in [2.75, 3.05) is 5.32 Å². The van der Waals surface area contributed by atoms with Crippen molar-refractivity contribution in [3.63, 3.8) is 0 Å². The highest BCUT2D eigenvalue weighted by atomic mass is 16.3. The van der Waals surface area contributed by atoms with Gasteiger partial charge in [-0.3, -0.25) is 15.0 Å². The number of hydrogen-bond donors (Lipinski definition) is 4. The highest BCUT2D eigenvalue weighted by Gasteiger charge is 2.30. The van der Waals surface area contributed by atoms with Gasteiger partial charge in [0, 0.05) is 11.3 Å². The van der Waals surface area contributed by atoms with E-state index in [-0.39, 0.29) is 24.0 Å². The van der Waals surface area contributed by atoms with Crippen molar-refractivity contribution < 1.29 is 14.7 Å². The molecular formula is C17H17N3O3. The summed E-state index contributed by atoms with van der Waals surface area (Å²) in [6.45, 7) is 1.95. The smallest absolute Gasteiger partial charge is 0.247 e. The molecule has 118 valence electrons. The number of fused-ring (bicyclic) bond motifs is 1. The Morgan fingerprint density at radius 1 is 1.22 bits per heavy atom. The minimum atomic E-state index is -0.603. The highest BCUT2D eigenvalue weighted by molar-refractivity contribution is 6.02. The number of hydrogen-bond acceptors (Lipinski definition) is 4. The van der Waals surface area contributed by atoms with E-state index in [0.29, 0.717) is 0 Å². The summed E-state index contributed by atoms with van der Waals surface area (Å²) in [5.41, 5.74) is 8.74. The van der Waals surface area contributed by atoms with Gasteiger partial charge in [-0.2, -0.15) is 0 Å². The molecule has 2 aromatic rings. The Morgan fingerprint density at radius 3 is 2.70 bits per heavy atom. The van der Waals surface area contributed by atoms with Crippen molar-refractivity contribution in [3.8, 4) is 5.75 Å². The SMILES string of the molecule is Cc1ccc2c(c1)C(NNC(=O)Cc1ccc(O)cc1)C(=O)N2. The van der Waals surface area contributed by atoms with Gasteiger partial charge in [0.15, 0.2) is 0 Å². The number of rotatable bonds is 4. The van der Waals surface area contributed by atoms with Gasteiger partial charge in [-0.05, 0) is 30.7 Å². The third kappa shape index (κ3) is 3.32. The van der Waals surface area contributed by atoms with Gasteiger partial charge in [0.1, 0.15) is 11.8 Å². The summed E-state index contributed by atoms with van der Waals surface area (Å²) in [4.78, 5) is 24.0. The largest absolute Gasteiger partial charge is 0.508 e. The minimum absolute atomic E-state index is 0.155.